The number of halogens is 3. The Balaban J connectivity index is 2.11. The minimum atomic E-state index is -4.35. The van der Waals surface area contributed by atoms with Gasteiger partial charge in [0.05, 0.1) is 12.1 Å². The third-order valence-electron chi connectivity index (χ3n) is 3.80. The molecule has 0 heterocycles. The van der Waals surface area contributed by atoms with Crippen LogP contribution in [0.1, 0.15) is 36.9 Å². The lowest BCUT2D eigenvalue weighted by atomic mass is 10.0. The van der Waals surface area contributed by atoms with Crippen LogP contribution in [-0.2, 0) is 11.0 Å². The van der Waals surface area contributed by atoms with Crippen molar-refractivity contribution in [2.75, 3.05) is 13.1 Å². The van der Waals surface area contributed by atoms with Crippen molar-refractivity contribution in [3.63, 3.8) is 0 Å². The summed E-state index contributed by atoms with van der Waals surface area (Å²) in [4.78, 5) is 12.8. The Morgan fingerprint density at radius 3 is 2.33 bits per heavy atom. The molecule has 1 aliphatic carbocycles. The summed E-state index contributed by atoms with van der Waals surface area (Å²) in [5.41, 5.74) is 0.00956. The number of nitrogens with zero attached hydrogens (tertiary/aromatic N) is 1. The van der Waals surface area contributed by atoms with Gasteiger partial charge in [-0.1, -0.05) is 12.1 Å². The van der Waals surface area contributed by atoms with E-state index in [9.17, 15) is 18.0 Å². The van der Waals surface area contributed by atoms with Crippen LogP contribution in [-0.4, -0.2) is 29.1 Å². The summed E-state index contributed by atoms with van der Waals surface area (Å²) in [5, 5.41) is 8.97. The van der Waals surface area contributed by atoms with Crippen molar-refractivity contribution in [1.29, 1.82) is 0 Å². The minimum absolute atomic E-state index is 0.0985. The zero-order valence-corrected chi connectivity index (χ0v) is 11.7. The number of benzene rings is 1. The number of carboxylic acids is 1. The van der Waals surface area contributed by atoms with Crippen LogP contribution in [0.25, 0.3) is 0 Å². The first-order chi connectivity index (χ1) is 9.77. The van der Waals surface area contributed by atoms with Gasteiger partial charge in [-0.25, -0.2) is 0 Å². The zero-order chi connectivity index (χ0) is 15.6. The molecule has 1 saturated carbocycles. The molecule has 1 aliphatic rings. The fraction of sp³-hybridized carbons (Fsp3) is 0.533. The molecule has 1 N–H and O–H groups in total. The minimum Gasteiger partial charge on any atom is -0.480 e. The Hall–Kier alpha value is -1.56. The van der Waals surface area contributed by atoms with E-state index >= 15 is 0 Å². The van der Waals surface area contributed by atoms with Crippen LogP contribution in [0.5, 0.6) is 0 Å². The highest BCUT2D eigenvalue weighted by Crippen LogP contribution is 2.34. The molecule has 21 heavy (non-hydrogen) atoms. The summed E-state index contributed by atoms with van der Waals surface area (Å²) in [7, 11) is 0. The van der Waals surface area contributed by atoms with Crippen molar-refractivity contribution in [3.8, 4) is 0 Å². The smallest absolute Gasteiger partial charge is 0.416 e. The number of hydrogen-bond acceptors (Lipinski definition) is 2. The second-order valence-corrected chi connectivity index (χ2v) is 5.56. The van der Waals surface area contributed by atoms with Crippen LogP contribution in [0.2, 0.25) is 0 Å². The first-order valence-electron chi connectivity index (χ1n) is 6.90. The first kappa shape index (κ1) is 15.8. The van der Waals surface area contributed by atoms with Gasteiger partial charge in [0.15, 0.2) is 0 Å². The van der Waals surface area contributed by atoms with E-state index in [4.69, 9.17) is 5.11 Å². The lowest BCUT2D eigenvalue weighted by Gasteiger charge is -2.28. The molecule has 1 aromatic carbocycles. The molecule has 116 valence electrons. The summed E-state index contributed by atoms with van der Waals surface area (Å²) < 4.78 is 37.6. The first-order valence-corrected chi connectivity index (χ1v) is 6.90. The van der Waals surface area contributed by atoms with Crippen molar-refractivity contribution in [3.05, 3.63) is 35.4 Å². The predicted octanol–water partition coefficient (Wildman–Crippen LogP) is 3.56. The van der Waals surface area contributed by atoms with E-state index in [0.29, 0.717) is 18.0 Å². The van der Waals surface area contributed by atoms with Gasteiger partial charge in [0, 0.05) is 12.6 Å². The van der Waals surface area contributed by atoms with Gasteiger partial charge < -0.3 is 5.11 Å². The Bertz CT molecular complexity index is 495. The molecule has 2 rings (SSSR count). The van der Waals surface area contributed by atoms with Gasteiger partial charge in [0.2, 0.25) is 0 Å². The van der Waals surface area contributed by atoms with Gasteiger partial charge in [-0.15, -0.1) is 0 Å². The largest absolute Gasteiger partial charge is 0.480 e. The van der Waals surface area contributed by atoms with E-state index in [1.54, 1.807) is 0 Å². The lowest BCUT2D eigenvalue weighted by molar-refractivity contribution is -0.139. The SMILES string of the molecule is CC(c1ccc(C(F)(F)F)cc1)N(CC(=O)O)CC1CC1. The van der Waals surface area contributed by atoms with E-state index in [1.807, 2.05) is 11.8 Å². The Kier molecular flexibility index (Phi) is 4.56. The van der Waals surface area contributed by atoms with E-state index in [1.165, 1.54) is 12.1 Å². The molecule has 1 aromatic rings. The number of aliphatic carboxylic acids is 1. The number of carboxylic acid groups (broad SMARTS) is 1. The van der Waals surface area contributed by atoms with Gasteiger partial charge in [0.1, 0.15) is 0 Å². The highest BCUT2D eigenvalue weighted by molar-refractivity contribution is 5.69. The van der Waals surface area contributed by atoms with Crippen molar-refractivity contribution in [1.82, 2.24) is 4.90 Å². The second kappa shape index (κ2) is 6.05. The highest BCUT2D eigenvalue weighted by atomic mass is 19.4. The molecule has 1 atom stereocenters. The number of carbonyl (C=O) groups is 1. The van der Waals surface area contributed by atoms with Gasteiger partial charge in [-0.2, -0.15) is 13.2 Å². The quantitative estimate of drug-likeness (QED) is 0.873. The van der Waals surface area contributed by atoms with Crippen LogP contribution >= 0.6 is 0 Å². The molecule has 1 fully saturated rings. The van der Waals surface area contributed by atoms with Crippen LogP contribution in [0.15, 0.2) is 24.3 Å². The normalized spacial score (nSPS) is 17.0. The van der Waals surface area contributed by atoms with Crippen LogP contribution in [0, 0.1) is 5.92 Å². The van der Waals surface area contributed by atoms with Crippen LogP contribution in [0.3, 0.4) is 0 Å². The van der Waals surface area contributed by atoms with E-state index < -0.39 is 17.7 Å². The molecule has 0 bridgehead atoms. The van der Waals surface area contributed by atoms with Gasteiger partial charge in [0.25, 0.3) is 0 Å². The van der Waals surface area contributed by atoms with E-state index in [2.05, 4.69) is 0 Å². The third kappa shape index (κ3) is 4.46. The molecular formula is C15H18F3NO2. The molecule has 0 saturated heterocycles. The van der Waals surface area contributed by atoms with Gasteiger partial charge >= 0.3 is 12.1 Å². The van der Waals surface area contributed by atoms with Crippen molar-refractivity contribution in [2.24, 2.45) is 5.92 Å². The summed E-state index contributed by atoms with van der Waals surface area (Å²) in [6, 6.07) is 4.72. The maximum atomic E-state index is 12.5. The molecule has 3 nitrogen and oxygen atoms in total. The summed E-state index contributed by atoms with van der Waals surface area (Å²) in [6.07, 6.45) is -2.16. The molecule has 0 amide bonds. The topological polar surface area (TPSA) is 40.5 Å². The molecular weight excluding hydrogens is 283 g/mol. The average Bonchev–Trinajstić information content (AvgIpc) is 3.20. The molecule has 6 heteroatoms. The molecule has 1 unspecified atom stereocenters. The maximum Gasteiger partial charge on any atom is 0.416 e. The zero-order valence-electron chi connectivity index (χ0n) is 11.7. The molecule has 0 radical (unpaired) electrons. The molecule has 0 spiro atoms. The summed E-state index contributed by atoms with van der Waals surface area (Å²) in [6.45, 7) is 2.40. The number of hydrogen-bond donors (Lipinski definition) is 1. The van der Waals surface area contributed by atoms with Crippen molar-refractivity contribution >= 4 is 5.97 Å². The number of rotatable bonds is 6. The van der Waals surface area contributed by atoms with Crippen molar-refractivity contribution < 1.29 is 23.1 Å². The molecule has 0 aliphatic heterocycles. The third-order valence-corrected chi connectivity index (χ3v) is 3.80. The maximum absolute atomic E-state index is 12.5. The Labute approximate surface area is 121 Å². The van der Waals surface area contributed by atoms with Gasteiger partial charge in [-0.05, 0) is 43.4 Å². The lowest BCUT2D eigenvalue weighted by Crippen LogP contribution is -2.34. The molecule has 0 aromatic heterocycles. The fourth-order valence-electron chi connectivity index (χ4n) is 2.33. The van der Waals surface area contributed by atoms with Gasteiger partial charge in [-0.3, -0.25) is 9.69 Å². The number of alkyl halides is 3. The van der Waals surface area contributed by atoms with Crippen LogP contribution < -0.4 is 0 Å². The van der Waals surface area contributed by atoms with E-state index in [-0.39, 0.29) is 12.6 Å². The fourth-order valence-corrected chi connectivity index (χ4v) is 2.33. The average molecular weight is 301 g/mol. The summed E-state index contributed by atoms with van der Waals surface area (Å²) in [5.74, 6) is -0.407. The predicted molar refractivity (Wildman–Crippen MR) is 71.8 cm³/mol. The standard InChI is InChI=1S/C15H18F3NO2/c1-10(19(9-14(20)21)8-11-2-3-11)12-4-6-13(7-5-12)15(16,17)18/h4-7,10-11H,2-3,8-9H2,1H3,(H,20,21). The highest BCUT2D eigenvalue weighted by Gasteiger charge is 2.31. The van der Waals surface area contributed by atoms with Crippen molar-refractivity contribution in [2.45, 2.75) is 32.0 Å². The second-order valence-electron chi connectivity index (χ2n) is 5.56. The van der Waals surface area contributed by atoms with E-state index in [0.717, 1.165) is 25.0 Å². The van der Waals surface area contributed by atoms with Crippen LogP contribution in [0.4, 0.5) is 13.2 Å². The summed E-state index contributed by atoms with van der Waals surface area (Å²) >= 11 is 0. The monoisotopic (exact) mass is 301 g/mol. The Morgan fingerprint density at radius 2 is 1.90 bits per heavy atom. The Morgan fingerprint density at radius 1 is 1.33 bits per heavy atom.